The third-order valence-electron chi connectivity index (χ3n) is 2.85. The molecule has 1 atom stereocenters. The Morgan fingerprint density at radius 2 is 2.11 bits per heavy atom. The normalized spacial score (nSPS) is 13.8. The summed E-state index contributed by atoms with van der Waals surface area (Å²) in [6.45, 7) is 5.52. The molecule has 1 unspecified atom stereocenters. The van der Waals surface area contributed by atoms with Crippen LogP contribution in [0.15, 0.2) is 18.5 Å². The summed E-state index contributed by atoms with van der Waals surface area (Å²) in [4.78, 5) is 0. The number of hydrogen-bond acceptors (Lipinski definition) is 1. The van der Waals surface area contributed by atoms with Crippen molar-refractivity contribution in [2.75, 3.05) is 6.54 Å². The maximum atomic E-state index is 12.0. The molecule has 0 radical (unpaired) electrons. The van der Waals surface area contributed by atoms with Gasteiger partial charge in [0.05, 0.1) is 0 Å². The molecule has 18 heavy (non-hydrogen) atoms. The first kappa shape index (κ1) is 15.1. The molecule has 1 aromatic rings. The Balaban J connectivity index is 2.38. The van der Waals surface area contributed by atoms with E-state index in [0.717, 1.165) is 18.5 Å². The van der Waals surface area contributed by atoms with Gasteiger partial charge in [-0.1, -0.05) is 6.92 Å². The number of nitrogens with zero attached hydrogens (tertiary/aromatic N) is 1. The Labute approximate surface area is 106 Å². The quantitative estimate of drug-likeness (QED) is 0.788. The molecule has 0 aliphatic carbocycles. The fraction of sp³-hybridized carbons (Fsp3) is 0.692. The van der Waals surface area contributed by atoms with Crippen molar-refractivity contribution in [3.05, 3.63) is 24.0 Å². The highest BCUT2D eigenvalue weighted by molar-refractivity contribution is 5.14. The molecule has 1 heterocycles. The van der Waals surface area contributed by atoms with E-state index < -0.39 is 12.6 Å². The molecule has 0 bridgehead atoms. The van der Waals surface area contributed by atoms with Crippen LogP contribution in [0.1, 0.15) is 44.7 Å². The van der Waals surface area contributed by atoms with Crippen molar-refractivity contribution in [1.82, 2.24) is 9.88 Å². The first-order valence-electron chi connectivity index (χ1n) is 6.38. The highest BCUT2D eigenvalue weighted by Crippen LogP contribution is 2.22. The van der Waals surface area contributed by atoms with E-state index in [2.05, 4.69) is 19.2 Å². The van der Waals surface area contributed by atoms with Gasteiger partial charge in [-0.2, -0.15) is 13.2 Å². The summed E-state index contributed by atoms with van der Waals surface area (Å²) in [5.41, 5.74) is 1.12. The van der Waals surface area contributed by atoms with Gasteiger partial charge in [0, 0.05) is 31.4 Å². The summed E-state index contributed by atoms with van der Waals surface area (Å²) >= 11 is 0. The van der Waals surface area contributed by atoms with Gasteiger partial charge < -0.3 is 9.88 Å². The van der Waals surface area contributed by atoms with E-state index in [-0.39, 0.29) is 12.5 Å². The summed E-state index contributed by atoms with van der Waals surface area (Å²) in [5, 5.41) is 3.35. The predicted octanol–water partition coefficient (Wildman–Crippen LogP) is 3.89. The summed E-state index contributed by atoms with van der Waals surface area (Å²) in [7, 11) is 0. The van der Waals surface area contributed by atoms with E-state index in [9.17, 15) is 13.2 Å². The summed E-state index contributed by atoms with van der Waals surface area (Å²) in [6.07, 6.45) is 0.195. The molecule has 0 aromatic carbocycles. The number of hydrogen-bond donors (Lipinski definition) is 1. The van der Waals surface area contributed by atoms with Crippen molar-refractivity contribution in [2.24, 2.45) is 0 Å². The molecule has 0 saturated heterocycles. The molecule has 104 valence electrons. The fourth-order valence-electron chi connectivity index (χ4n) is 1.80. The van der Waals surface area contributed by atoms with Crippen LogP contribution < -0.4 is 5.32 Å². The molecule has 0 fully saturated rings. The standard InChI is InChI=1S/C13H21F3N2/c1-3-7-17-11(2)12-5-9-18(10-12)8-4-6-13(14,15)16/h5,9-11,17H,3-4,6-8H2,1-2H3. The fourth-order valence-corrected chi connectivity index (χ4v) is 1.80. The van der Waals surface area contributed by atoms with Gasteiger partial charge in [-0.15, -0.1) is 0 Å². The van der Waals surface area contributed by atoms with Gasteiger partial charge in [0.15, 0.2) is 0 Å². The lowest BCUT2D eigenvalue weighted by atomic mass is 10.2. The van der Waals surface area contributed by atoms with Crippen molar-refractivity contribution >= 4 is 0 Å². The Kier molecular flexibility index (Phi) is 5.72. The van der Waals surface area contributed by atoms with Gasteiger partial charge in [0.25, 0.3) is 0 Å². The maximum Gasteiger partial charge on any atom is 0.389 e. The average molecular weight is 262 g/mol. The first-order chi connectivity index (χ1) is 8.42. The molecule has 1 aromatic heterocycles. The van der Waals surface area contributed by atoms with Gasteiger partial charge in [-0.3, -0.25) is 0 Å². The molecule has 0 amide bonds. The largest absolute Gasteiger partial charge is 0.389 e. The maximum absolute atomic E-state index is 12.0. The highest BCUT2D eigenvalue weighted by atomic mass is 19.4. The van der Waals surface area contributed by atoms with Crippen molar-refractivity contribution in [3.63, 3.8) is 0 Å². The second kappa shape index (κ2) is 6.83. The van der Waals surface area contributed by atoms with Crippen LogP contribution in [0.3, 0.4) is 0 Å². The summed E-state index contributed by atoms with van der Waals surface area (Å²) in [5.74, 6) is 0. The summed E-state index contributed by atoms with van der Waals surface area (Å²) < 4.78 is 37.9. The summed E-state index contributed by atoms with van der Waals surface area (Å²) in [6, 6.07) is 2.20. The van der Waals surface area contributed by atoms with Crippen LogP contribution >= 0.6 is 0 Å². The second-order valence-corrected chi connectivity index (χ2v) is 4.58. The van der Waals surface area contributed by atoms with E-state index in [1.54, 1.807) is 0 Å². The zero-order valence-corrected chi connectivity index (χ0v) is 10.9. The van der Waals surface area contributed by atoms with E-state index in [1.165, 1.54) is 0 Å². The minimum Gasteiger partial charge on any atom is -0.354 e. The molecule has 0 aliphatic heterocycles. The molecule has 1 rings (SSSR count). The molecule has 0 spiro atoms. The van der Waals surface area contributed by atoms with Gasteiger partial charge in [-0.25, -0.2) is 0 Å². The van der Waals surface area contributed by atoms with Crippen LogP contribution in [0, 0.1) is 0 Å². The Morgan fingerprint density at radius 1 is 1.39 bits per heavy atom. The van der Waals surface area contributed by atoms with E-state index in [1.807, 2.05) is 23.0 Å². The van der Waals surface area contributed by atoms with Crippen molar-refractivity contribution < 1.29 is 13.2 Å². The Hall–Kier alpha value is -0.970. The Morgan fingerprint density at radius 3 is 2.72 bits per heavy atom. The van der Waals surface area contributed by atoms with E-state index in [0.29, 0.717) is 6.54 Å². The Bertz CT molecular complexity index is 344. The smallest absolute Gasteiger partial charge is 0.354 e. The van der Waals surface area contributed by atoms with Crippen molar-refractivity contribution in [3.8, 4) is 0 Å². The van der Waals surface area contributed by atoms with Crippen LogP contribution in [0.5, 0.6) is 0 Å². The molecular formula is C13H21F3N2. The van der Waals surface area contributed by atoms with Gasteiger partial charge in [0.1, 0.15) is 0 Å². The molecule has 0 aliphatic rings. The number of aryl methyl sites for hydroxylation is 1. The van der Waals surface area contributed by atoms with Gasteiger partial charge in [-0.05, 0) is 37.9 Å². The lowest BCUT2D eigenvalue weighted by molar-refractivity contribution is -0.135. The van der Waals surface area contributed by atoms with Crippen LogP contribution in [0.25, 0.3) is 0 Å². The van der Waals surface area contributed by atoms with E-state index in [4.69, 9.17) is 0 Å². The number of rotatable bonds is 7. The number of nitrogens with one attached hydrogen (secondary N) is 1. The molecule has 0 saturated carbocycles. The second-order valence-electron chi connectivity index (χ2n) is 4.58. The minimum absolute atomic E-state index is 0.133. The average Bonchev–Trinajstić information content (AvgIpc) is 2.73. The zero-order chi connectivity index (χ0) is 13.6. The third-order valence-corrected chi connectivity index (χ3v) is 2.85. The van der Waals surface area contributed by atoms with Crippen LogP contribution in [-0.4, -0.2) is 17.3 Å². The number of halogens is 3. The van der Waals surface area contributed by atoms with Crippen LogP contribution in [0.4, 0.5) is 13.2 Å². The highest BCUT2D eigenvalue weighted by Gasteiger charge is 2.25. The zero-order valence-electron chi connectivity index (χ0n) is 10.9. The first-order valence-corrected chi connectivity index (χ1v) is 6.38. The van der Waals surface area contributed by atoms with Crippen molar-refractivity contribution in [1.29, 1.82) is 0 Å². The SMILES string of the molecule is CCCNC(C)c1ccn(CCCC(F)(F)F)c1. The predicted molar refractivity (Wildman–Crippen MR) is 66.4 cm³/mol. The number of aromatic nitrogens is 1. The topological polar surface area (TPSA) is 17.0 Å². The van der Waals surface area contributed by atoms with Crippen molar-refractivity contribution in [2.45, 2.75) is 51.9 Å². The number of alkyl halides is 3. The lowest BCUT2D eigenvalue weighted by Gasteiger charge is -2.11. The van der Waals surface area contributed by atoms with Gasteiger partial charge in [0.2, 0.25) is 0 Å². The molecular weight excluding hydrogens is 241 g/mol. The third kappa shape index (κ3) is 5.58. The molecule has 5 heteroatoms. The molecule has 1 N–H and O–H groups in total. The minimum atomic E-state index is -4.05. The monoisotopic (exact) mass is 262 g/mol. The van der Waals surface area contributed by atoms with Crippen LogP contribution in [-0.2, 0) is 6.54 Å². The van der Waals surface area contributed by atoms with E-state index >= 15 is 0 Å². The molecule has 2 nitrogen and oxygen atoms in total. The lowest BCUT2D eigenvalue weighted by Crippen LogP contribution is -2.18. The van der Waals surface area contributed by atoms with Crippen LogP contribution in [0.2, 0.25) is 0 Å². The van der Waals surface area contributed by atoms with Gasteiger partial charge >= 0.3 is 6.18 Å².